The number of allylic oxidation sites excluding steroid dienone is 1. The monoisotopic (exact) mass is 398 g/mol. The maximum absolute atomic E-state index is 12.5. The lowest BCUT2D eigenvalue weighted by molar-refractivity contribution is -0.121. The Hall–Kier alpha value is -1.53. The molecule has 0 saturated heterocycles. The van der Waals surface area contributed by atoms with E-state index in [1.165, 1.54) is 18.4 Å². The van der Waals surface area contributed by atoms with E-state index in [-0.39, 0.29) is 5.91 Å². The van der Waals surface area contributed by atoms with Gasteiger partial charge in [-0.05, 0) is 63.6 Å². The Labute approximate surface area is 161 Å². The topological polar surface area (TPSA) is 66.5 Å². The van der Waals surface area contributed by atoms with Gasteiger partial charge in [-0.1, -0.05) is 29.3 Å². The number of anilines is 1. The minimum absolute atomic E-state index is 0.316. The molecule has 0 bridgehead atoms. The lowest BCUT2D eigenvalue weighted by Crippen LogP contribution is -2.48. The third-order valence-electron chi connectivity index (χ3n) is 4.63. The van der Waals surface area contributed by atoms with Gasteiger partial charge in [0.15, 0.2) is 0 Å². The van der Waals surface area contributed by atoms with Crippen LogP contribution >= 0.6 is 11.6 Å². The maximum Gasteiger partial charge on any atom is 0.243 e. The molecule has 0 heterocycles. The molecule has 0 aromatic heterocycles. The predicted molar refractivity (Wildman–Crippen MR) is 107 cm³/mol. The fourth-order valence-electron chi connectivity index (χ4n) is 3.15. The first-order valence-corrected chi connectivity index (χ1v) is 11.1. The van der Waals surface area contributed by atoms with Crippen LogP contribution in [0, 0.1) is 6.92 Å². The third-order valence-corrected chi connectivity index (χ3v) is 6.28. The van der Waals surface area contributed by atoms with Gasteiger partial charge in [0.05, 0.1) is 11.9 Å². The van der Waals surface area contributed by atoms with E-state index in [1.807, 2.05) is 6.92 Å². The normalized spacial score (nSPS) is 15.9. The molecule has 0 aliphatic heterocycles. The zero-order valence-electron chi connectivity index (χ0n) is 15.6. The first-order chi connectivity index (χ1) is 12.2. The molecular weight excluding hydrogens is 372 g/mol. The van der Waals surface area contributed by atoms with Gasteiger partial charge >= 0.3 is 0 Å². The van der Waals surface area contributed by atoms with Crippen LogP contribution < -0.4 is 9.62 Å². The maximum atomic E-state index is 12.5. The van der Waals surface area contributed by atoms with Crippen molar-refractivity contribution in [2.45, 2.75) is 52.0 Å². The van der Waals surface area contributed by atoms with Crippen LogP contribution in [-0.2, 0) is 14.8 Å². The van der Waals surface area contributed by atoms with Crippen molar-refractivity contribution in [3.8, 4) is 0 Å². The van der Waals surface area contributed by atoms with E-state index in [0.29, 0.717) is 17.3 Å². The smallest absolute Gasteiger partial charge is 0.243 e. The number of rotatable bonds is 7. The number of hydrogen-bond acceptors (Lipinski definition) is 3. The Morgan fingerprint density at radius 2 is 2.08 bits per heavy atom. The van der Waals surface area contributed by atoms with Crippen LogP contribution in [0.5, 0.6) is 0 Å². The molecule has 144 valence electrons. The molecule has 1 aromatic carbocycles. The van der Waals surface area contributed by atoms with Gasteiger partial charge in [0.1, 0.15) is 6.04 Å². The van der Waals surface area contributed by atoms with Crippen molar-refractivity contribution in [1.29, 1.82) is 0 Å². The second kappa shape index (κ2) is 8.91. The lowest BCUT2D eigenvalue weighted by Gasteiger charge is -2.28. The van der Waals surface area contributed by atoms with Crippen molar-refractivity contribution in [2.24, 2.45) is 0 Å². The number of aryl methyl sites for hydroxylation is 1. The number of carbonyl (C=O) groups excluding carboxylic acids is 1. The molecule has 7 heteroatoms. The van der Waals surface area contributed by atoms with E-state index in [0.717, 1.165) is 35.4 Å². The van der Waals surface area contributed by atoms with Gasteiger partial charge in [0.2, 0.25) is 15.9 Å². The Morgan fingerprint density at radius 1 is 1.35 bits per heavy atom. The summed E-state index contributed by atoms with van der Waals surface area (Å²) in [4.78, 5) is 12.5. The molecule has 26 heavy (non-hydrogen) atoms. The second-order valence-electron chi connectivity index (χ2n) is 6.82. The van der Waals surface area contributed by atoms with Crippen LogP contribution in [0.4, 0.5) is 5.69 Å². The summed E-state index contributed by atoms with van der Waals surface area (Å²) in [6.07, 6.45) is 8.78. The van der Waals surface area contributed by atoms with Gasteiger partial charge in [-0.3, -0.25) is 9.10 Å². The minimum atomic E-state index is -3.63. The molecule has 1 amide bonds. The summed E-state index contributed by atoms with van der Waals surface area (Å²) < 4.78 is 25.7. The Bertz CT molecular complexity index is 790. The van der Waals surface area contributed by atoms with Gasteiger partial charge in [-0.25, -0.2) is 8.42 Å². The van der Waals surface area contributed by atoms with Crippen molar-refractivity contribution in [3.05, 3.63) is 40.4 Å². The van der Waals surface area contributed by atoms with E-state index in [9.17, 15) is 13.2 Å². The van der Waals surface area contributed by atoms with Crippen LogP contribution in [0.1, 0.15) is 44.6 Å². The van der Waals surface area contributed by atoms with Crippen molar-refractivity contribution >= 4 is 33.2 Å². The fourth-order valence-corrected chi connectivity index (χ4v) is 4.49. The lowest BCUT2D eigenvalue weighted by atomic mass is 9.97. The summed E-state index contributed by atoms with van der Waals surface area (Å²) in [5.74, 6) is -0.316. The Kier molecular flexibility index (Phi) is 7.12. The third kappa shape index (κ3) is 5.48. The fraction of sp³-hybridized carbons (Fsp3) is 0.526. The Morgan fingerprint density at radius 3 is 2.65 bits per heavy atom. The molecule has 0 radical (unpaired) electrons. The van der Waals surface area contributed by atoms with E-state index in [4.69, 9.17) is 11.6 Å². The zero-order chi connectivity index (χ0) is 19.3. The summed E-state index contributed by atoms with van der Waals surface area (Å²) in [6.45, 7) is 3.94. The molecule has 1 atom stereocenters. The van der Waals surface area contributed by atoms with E-state index in [2.05, 4.69) is 11.4 Å². The number of sulfonamides is 1. The standard InChI is InChI=1S/C19H27ClN2O3S/c1-14-9-10-17(13-18(14)20)22(26(3,24)25)15(2)19(23)21-12-11-16-7-5-4-6-8-16/h7,9-10,13,15H,4-6,8,11-12H2,1-3H3,(H,21,23). The number of halogens is 1. The summed E-state index contributed by atoms with van der Waals surface area (Å²) >= 11 is 6.13. The summed E-state index contributed by atoms with van der Waals surface area (Å²) in [5, 5.41) is 3.32. The van der Waals surface area contributed by atoms with Crippen LogP contribution in [0.25, 0.3) is 0 Å². The average Bonchev–Trinajstić information content (AvgIpc) is 2.58. The van der Waals surface area contributed by atoms with Gasteiger partial charge < -0.3 is 5.32 Å². The molecule has 1 aliphatic carbocycles. The number of hydrogen-bond donors (Lipinski definition) is 1. The highest BCUT2D eigenvalue weighted by Gasteiger charge is 2.29. The van der Waals surface area contributed by atoms with Crippen molar-refractivity contribution in [2.75, 3.05) is 17.1 Å². The van der Waals surface area contributed by atoms with Gasteiger partial charge in [-0.2, -0.15) is 0 Å². The highest BCUT2D eigenvalue weighted by Crippen LogP contribution is 2.26. The van der Waals surface area contributed by atoms with Crippen LogP contribution in [0.2, 0.25) is 5.02 Å². The molecule has 5 nitrogen and oxygen atoms in total. The largest absolute Gasteiger partial charge is 0.354 e. The molecule has 2 rings (SSSR count). The van der Waals surface area contributed by atoms with Crippen LogP contribution in [0.3, 0.4) is 0 Å². The van der Waals surface area contributed by atoms with Crippen LogP contribution in [0.15, 0.2) is 29.8 Å². The molecule has 0 fully saturated rings. The molecule has 0 spiro atoms. The minimum Gasteiger partial charge on any atom is -0.354 e. The molecule has 1 aromatic rings. The molecule has 1 N–H and O–H groups in total. The molecular formula is C19H27ClN2O3S. The Balaban J connectivity index is 2.08. The number of amides is 1. The second-order valence-corrected chi connectivity index (χ2v) is 9.08. The van der Waals surface area contributed by atoms with Crippen molar-refractivity contribution in [3.63, 3.8) is 0 Å². The number of nitrogens with one attached hydrogen (secondary N) is 1. The molecule has 0 saturated carbocycles. The predicted octanol–water partition coefficient (Wildman–Crippen LogP) is 3.81. The highest BCUT2D eigenvalue weighted by atomic mass is 35.5. The van der Waals surface area contributed by atoms with Crippen LogP contribution in [-0.4, -0.2) is 33.2 Å². The SMILES string of the molecule is Cc1ccc(N(C(C)C(=O)NCCC2=CCCCC2)S(C)(=O)=O)cc1Cl. The highest BCUT2D eigenvalue weighted by molar-refractivity contribution is 7.92. The summed E-state index contributed by atoms with van der Waals surface area (Å²) in [5.41, 5.74) is 2.61. The van der Waals surface area contributed by atoms with Crippen molar-refractivity contribution < 1.29 is 13.2 Å². The summed E-state index contributed by atoms with van der Waals surface area (Å²) in [6, 6.07) is 4.13. The first kappa shape index (κ1) is 20.8. The van der Waals surface area contributed by atoms with E-state index < -0.39 is 16.1 Å². The number of nitrogens with zero attached hydrogens (tertiary/aromatic N) is 1. The average molecular weight is 399 g/mol. The quantitative estimate of drug-likeness (QED) is 0.710. The zero-order valence-corrected chi connectivity index (χ0v) is 17.2. The van der Waals surface area contributed by atoms with E-state index >= 15 is 0 Å². The number of carbonyl (C=O) groups is 1. The van der Waals surface area contributed by atoms with Gasteiger partial charge in [0.25, 0.3) is 0 Å². The first-order valence-electron chi connectivity index (χ1n) is 8.91. The van der Waals surface area contributed by atoms with E-state index in [1.54, 1.807) is 25.1 Å². The van der Waals surface area contributed by atoms with Crippen molar-refractivity contribution in [1.82, 2.24) is 5.32 Å². The summed E-state index contributed by atoms with van der Waals surface area (Å²) in [7, 11) is -3.63. The van der Waals surface area contributed by atoms with Gasteiger partial charge in [-0.15, -0.1) is 0 Å². The number of benzene rings is 1. The molecule has 1 unspecified atom stereocenters. The van der Waals surface area contributed by atoms with Gasteiger partial charge in [0, 0.05) is 11.6 Å². The molecule has 1 aliphatic rings.